The summed E-state index contributed by atoms with van der Waals surface area (Å²) in [5.41, 5.74) is 3.64. The maximum Gasteiger partial charge on any atom is 0.290 e. The summed E-state index contributed by atoms with van der Waals surface area (Å²) in [4.78, 5) is 27.9. The molecule has 2 aromatic carbocycles. The van der Waals surface area contributed by atoms with Gasteiger partial charge in [-0.3, -0.25) is 14.3 Å². The van der Waals surface area contributed by atoms with Crippen molar-refractivity contribution in [3.8, 4) is 0 Å². The highest BCUT2D eigenvalue weighted by atomic mass is 32.2. The summed E-state index contributed by atoms with van der Waals surface area (Å²) in [5, 5.41) is 2.88. The van der Waals surface area contributed by atoms with Gasteiger partial charge in [-0.1, -0.05) is 24.3 Å². The molecule has 1 aliphatic heterocycles. The van der Waals surface area contributed by atoms with Gasteiger partial charge in [-0.05, 0) is 60.9 Å². The molecule has 33 heavy (non-hydrogen) atoms. The van der Waals surface area contributed by atoms with E-state index in [1.807, 2.05) is 24.3 Å². The maximum atomic E-state index is 13.3. The molecule has 0 saturated heterocycles. The molecule has 1 unspecified atom stereocenters. The van der Waals surface area contributed by atoms with Crippen LogP contribution < -0.4 is 10.0 Å². The minimum absolute atomic E-state index is 0.0341. The number of hydrogen-bond acceptors (Lipinski definition) is 5. The zero-order valence-corrected chi connectivity index (χ0v) is 19.2. The van der Waals surface area contributed by atoms with E-state index in [0.717, 1.165) is 11.1 Å². The van der Waals surface area contributed by atoms with Crippen molar-refractivity contribution >= 4 is 33.2 Å². The number of nitrogens with zero attached hydrogens (tertiary/aromatic N) is 1. The van der Waals surface area contributed by atoms with Crippen LogP contribution in [0.5, 0.6) is 0 Å². The minimum atomic E-state index is -3.41. The van der Waals surface area contributed by atoms with E-state index in [9.17, 15) is 18.0 Å². The summed E-state index contributed by atoms with van der Waals surface area (Å²) in [6.45, 7) is 3.61. The van der Waals surface area contributed by atoms with Gasteiger partial charge >= 0.3 is 0 Å². The number of amides is 2. The number of sulfonamides is 1. The van der Waals surface area contributed by atoms with E-state index in [0.29, 0.717) is 29.9 Å². The van der Waals surface area contributed by atoms with Crippen molar-refractivity contribution in [2.45, 2.75) is 32.9 Å². The van der Waals surface area contributed by atoms with Crippen LogP contribution in [0, 0.1) is 6.92 Å². The zero-order chi connectivity index (χ0) is 23.6. The first-order valence-electron chi connectivity index (χ1n) is 10.6. The number of anilines is 2. The summed E-state index contributed by atoms with van der Waals surface area (Å²) < 4.78 is 31.5. The van der Waals surface area contributed by atoms with Gasteiger partial charge in [0.25, 0.3) is 5.91 Å². The van der Waals surface area contributed by atoms with Crippen LogP contribution in [-0.4, -0.2) is 36.9 Å². The SMILES string of the molecule is CCS(=O)(=O)Nc1ccc(NC(=O)C2Cc3ccccc3CN2C(=O)c2ccco2)cc1C. The van der Waals surface area contributed by atoms with Gasteiger partial charge in [-0.25, -0.2) is 8.42 Å². The molecule has 0 radical (unpaired) electrons. The van der Waals surface area contributed by atoms with E-state index >= 15 is 0 Å². The van der Waals surface area contributed by atoms with Gasteiger partial charge in [0.05, 0.1) is 17.7 Å². The van der Waals surface area contributed by atoms with Crippen LogP contribution in [0.2, 0.25) is 0 Å². The Bertz CT molecular complexity index is 1290. The number of benzene rings is 2. The Balaban J connectivity index is 1.57. The Hall–Kier alpha value is -3.59. The third kappa shape index (κ3) is 4.93. The van der Waals surface area contributed by atoms with E-state index < -0.39 is 16.1 Å². The molecule has 1 aromatic heterocycles. The Morgan fingerprint density at radius 3 is 2.52 bits per heavy atom. The minimum Gasteiger partial charge on any atom is -0.459 e. The number of hydrogen-bond donors (Lipinski definition) is 2. The molecule has 1 aliphatic rings. The Labute approximate surface area is 192 Å². The van der Waals surface area contributed by atoms with E-state index in [-0.39, 0.29) is 23.3 Å². The van der Waals surface area contributed by atoms with Crippen LogP contribution in [0.25, 0.3) is 0 Å². The Morgan fingerprint density at radius 2 is 1.85 bits per heavy atom. The molecule has 8 nitrogen and oxygen atoms in total. The first-order chi connectivity index (χ1) is 15.8. The van der Waals surface area contributed by atoms with E-state index in [1.165, 1.54) is 11.2 Å². The van der Waals surface area contributed by atoms with Gasteiger partial charge in [0.15, 0.2) is 5.76 Å². The van der Waals surface area contributed by atoms with Crippen LogP contribution >= 0.6 is 0 Å². The second kappa shape index (κ2) is 9.11. The van der Waals surface area contributed by atoms with Crippen molar-refractivity contribution in [1.29, 1.82) is 0 Å². The van der Waals surface area contributed by atoms with Crippen molar-refractivity contribution in [3.63, 3.8) is 0 Å². The monoisotopic (exact) mass is 467 g/mol. The fraction of sp³-hybridized carbons (Fsp3) is 0.250. The maximum absolute atomic E-state index is 13.3. The number of aryl methyl sites for hydroxylation is 1. The third-order valence-electron chi connectivity index (χ3n) is 5.68. The fourth-order valence-electron chi connectivity index (χ4n) is 3.83. The lowest BCUT2D eigenvalue weighted by atomic mass is 9.93. The quantitative estimate of drug-likeness (QED) is 0.576. The lowest BCUT2D eigenvalue weighted by Gasteiger charge is -2.35. The molecule has 3 aromatic rings. The summed E-state index contributed by atoms with van der Waals surface area (Å²) >= 11 is 0. The highest BCUT2D eigenvalue weighted by Crippen LogP contribution is 2.27. The summed E-state index contributed by atoms with van der Waals surface area (Å²) in [6, 6.07) is 15.2. The van der Waals surface area contributed by atoms with Crippen LogP contribution in [0.4, 0.5) is 11.4 Å². The molecule has 2 amide bonds. The van der Waals surface area contributed by atoms with E-state index in [1.54, 1.807) is 44.2 Å². The summed E-state index contributed by atoms with van der Waals surface area (Å²) in [5.74, 6) is -0.537. The topological polar surface area (TPSA) is 109 Å². The highest BCUT2D eigenvalue weighted by molar-refractivity contribution is 7.92. The van der Waals surface area contributed by atoms with Crippen LogP contribution in [0.15, 0.2) is 65.3 Å². The van der Waals surface area contributed by atoms with Crippen molar-refractivity contribution in [2.75, 3.05) is 15.8 Å². The lowest BCUT2D eigenvalue weighted by Crippen LogP contribution is -2.50. The van der Waals surface area contributed by atoms with Crippen LogP contribution in [0.1, 0.15) is 34.2 Å². The molecule has 172 valence electrons. The molecule has 0 spiro atoms. The average Bonchev–Trinajstić information content (AvgIpc) is 3.34. The zero-order valence-electron chi connectivity index (χ0n) is 18.4. The highest BCUT2D eigenvalue weighted by Gasteiger charge is 2.36. The van der Waals surface area contributed by atoms with Crippen molar-refractivity contribution in [2.24, 2.45) is 0 Å². The molecule has 0 fully saturated rings. The first kappa shape index (κ1) is 22.6. The Morgan fingerprint density at radius 1 is 1.09 bits per heavy atom. The van der Waals surface area contributed by atoms with Crippen LogP contribution in [-0.2, 0) is 27.8 Å². The Kier molecular flexibility index (Phi) is 6.24. The number of furan rings is 1. The smallest absolute Gasteiger partial charge is 0.290 e. The standard InChI is InChI=1S/C24H25N3O5S/c1-3-33(30,31)26-20-11-10-19(13-16(20)2)25-23(28)21-14-17-7-4-5-8-18(17)15-27(21)24(29)22-9-6-12-32-22/h4-13,21,26H,3,14-15H2,1-2H3,(H,25,28). The van der Waals surface area contributed by atoms with Crippen molar-refractivity contribution in [3.05, 3.63) is 83.3 Å². The average molecular weight is 468 g/mol. The number of fused-ring (bicyclic) bond motifs is 1. The van der Waals surface area contributed by atoms with E-state index in [2.05, 4.69) is 10.0 Å². The predicted molar refractivity (Wildman–Crippen MR) is 125 cm³/mol. The molecular formula is C24H25N3O5S. The van der Waals surface area contributed by atoms with Gasteiger partial charge < -0.3 is 14.6 Å². The van der Waals surface area contributed by atoms with Gasteiger partial charge in [0, 0.05) is 18.7 Å². The number of nitrogens with one attached hydrogen (secondary N) is 2. The number of carbonyl (C=O) groups is 2. The number of rotatable bonds is 6. The molecule has 4 rings (SSSR count). The molecule has 9 heteroatoms. The summed E-state index contributed by atoms with van der Waals surface area (Å²) in [6.07, 6.45) is 1.80. The largest absolute Gasteiger partial charge is 0.459 e. The molecule has 2 N–H and O–H groups in total. The molecular weight excluding hydrogens is 442 g/mol. The third-order valence-corrected chi connectivity index (χ3v) is 6.97. The predicted octanol–water partition coefficient (Wildman–Crippen LogP) is 3.56. The first-order valence-corrected chi connectivity index (χ1v) is 12.3. The van der Waals surface area contributed by atoms with Gasteiger partial charge in [0.2, 0.25) is 15.9 Å². The van der Waals surface area contributed by atoms with Gasteiger partial charge in [-0.2, -0.15) is 0 Å². The normalized spacial score (nSPS) is 15.6. The van der Waals surface area contributed by atoms with E-state index in [4.69, 9.17) is 4.42 Å². The second-order valence-electron chi connectivity index (χ2n) is 7.92. The summed E-state index contributed by atoms with van der Waals surface area (Å²) in [7, 11) is -3.41. The fourth-order valence-corrected chi connectivity index (χ4v) is 4.54. The molecule has 0 bridgehead atoms. The molecule has 2 heterocycles. The number of carbonyl (C=O) groups excluding carboxylic acids is 2. The lowest BCUT2D eigenvalue weighted by molar-refractivity contribution is -0.121. The van der Waals surface area contributed by atoms with Crippen molar-refractivity contribution < 1.29 is 22.4 Å². The second-order valence-corrected chi connectivity index (χ2v) is 9.93. The van der Waals surface area contributed by atoms with Gasteiger partial charge in [0.1, 0.15) is 6.04 Å². The molecule has 1 atom stereocenters. The van der Waals surface area contributed by atoms with Crippen LogP contribution in [0.3, 0.4) is 0 Å². The molecule has 0 saturated carbocycles. The van der Waals surface area contributed by atoms with Gasteiger partial charge in [-0.15, -0.1) is 0 Å². The molecule has 0 aliphatic carbocycles. The van der Waals surface area contributed by atoms with Crippen molar-refractivity contribution in [1.82, 2.24) is 4.90 Å².